The van der Waals surface area contributed by atoms with E-state index < -0.39 is 6.04 Å². The number of benzene rings is 1. The van der Waals surface area contributed by atoms with Gasteiger partial charge in [0.25, 0.3) is 0 Å². The Morgan fingerprint density at radius 1 is 1.11 bits per heavy atom. The van der Waals surface area contributed by atoms with Gasteiger partial charge < -0.3 is 19.5 Å². The van der Waals surface area contributed by atoms with Crippen LogP contribution in [0.1, 0.15) is 95.0 Å². The van der Waals surface area contributed by atoms with Gasteiger partial charge >= 0.3 is 0 Å². The first-order valence-electron chi connectivity index (χ1n) is 14.2. The first kappa shape index (κ1) is 27.4. The Hall–Kier alpha value is -2.67. The van der Waals surface area contributed by atoms with Crippen LogP contribution in [0.4, 0.5) is 5.69 Å². The summed E-state index contributed by atoms with van der Waals surface area (Å²) in [6.07, 6.45) is 10.2. The van der Waals surface area contributed by atoms with E-state index in [1.54, 1.807) is 11.8 Å². The number of nitrogens with zero attached hydrogens (tertiary/aromatic N) is 2. The second-order valence-corrected chi connectivity index (χ2v) is 11.0. The molecule has 0 saturated carbocycles. The summed E-state index contributed by atoms with van der Waals surface area (Å²) in [5.74, 6) is -0.0511. The third-order valence-electron chi connectivity index (χ3n) is 7.70. The minimum absolute atomic E-state index is 0.0142. The summed E-state index contributed by atoms with van der Waals surface area (Å²) >= 11 is 0. The van der Waals surface area contributed by atoms with Crippen LogP contribution < -0.4 is 5.32 Å². The Labute approximate surface area is 220 Å². The van der Waals surface area contributed by atoms with Crippen LogP contribution in [0.2, 0.25) is 0 Å². The van der Waals surface area contributed by atoms with E-state index in [1.165, 1.54) is 12.8 Å². The molecule has 3 heterocycles. The molecule has 2 aromatic rings. The molecular weight excluding hydrogens is 466 g/mol. The number of aryl methyl sites for hydroxylation is 1. The van der Waals surface area contributed by atoms with Crippen molar-refractivity contribution in [2.45, 2.75) is 110 Å². The lowest BCUT2D eigenvalue weighted by molar-refractivity contribution is -0.140. The molecule has 7 nitrogen and oxygen atoms in total. The van der Waals surface area contributed by atoms with E-state index in [9.17, 15) is 14.4 Å². The molecule has 2 atom stereocenters. The fraction of sp³-hybridized carbons (Fsp3) is 0.633. The highest BCUT2D eigenvalue weighted by Crippen LogP contribution is 2.32. The Kier molecular flexibility index (Phi) is 9.06. The summed E-state index contributed by atoms with van der Waals surface area (Å²) in [7, 11) is 0. The molecule has 0 unspecified atom stereocenters. The zero-order valence-corrected chi connectivity index (χ0v) is 23.0. The van der Waals surface area contributed by atoms with Crippen LogP contribution >= 0.6 is 0 Å². The number of ether oxygens (including phenoxy) is 1. The number of fused-ring (bicyclic) bond motifs is 2. The first-order chi connectivity index (χ1) is 17.8. The maximum atomic E-state index is 13.7. The SMILES string of the molecule is CCC(=O)[C@@H]1[C@H]2CCN1C(=O)Cn1cc(C(C)=O)c3cc(NC(C)C)cc(c31)CCCCCCCCO2. The zero-order valence-electron chi connectivity index (χ0n) is 23.0. The summed E-state index contributed by atoms with van der Waals surface area (Å²) in [6.45, 7) is 8.91. The minimum Gasteiger partial charge on any atom is -0.383 e. The highest BCUT2D eigenvalue weighted by molar-refractivity contribution is 6.09. The molecule has 1 aromatic carbocycles. The predicted octanol–water partition coefficient (Wildman–Crippen LogP) is 5.53. The van der Waals surface area contributed by atoms with E-state index in [0.717, 1.165) is 54.3 Å². The fourth-order valence-corrected chi connectivity index (χ4v) is 5.95. The van der Waals surface area contributed by atoms with Crippen LogP contribution in [0.3, 0.4) is 0 Å². The number of anilines is 1. The van der Waals surface area contributed by atoms with E-state index in [1.807, 2.05) is 23.8 Å². The second kappa shape index (κ2) is 12.2. The summed E-state index contributed by atoms with van der Waals surface area (Å²) in [5, 5.41) is 4.40. The molecule has 0 radical (unpaired) electrons. The van der Waals surface area contributed by atoms with Crippen LogP contribution in [0, 0.1) is 0 Å². The summed E-state index contributed by atoms with van der Waals surface area (Å²) in [6, 6.07) is 3.97. The molecule has 2 aliphatic heterocycles. The average Bonchev–Trinajstić information content (AvgIpc) is 3.43. The molecule has 2 bridgehead atoms. The van der Waals surface area contributed by atoms with Crippen LogP contribution in [0.25, 0.3) is 10.9 Å². The van der Waals surface area contributed by atoms with Crippen molar-refractivity contribution in [1.82, 2.24) is 9.47 Å². The molecule has 4 rings (SSSR count). The zero-order chi connectivity index (χ0) is 26.5. The molecule has 1 aromatic heterocycles. The largest absolute Gasteiger partial charge is 0.383 e. The van der Waals surface area contributed by atoms with Gasteiger partial charge in [-0.05, 0) is 64.2 Å². The predicted molar refractivity (Wildman–Crippen MR) is 147 cm³/mol. The van der Waals surface area contributed by atoms with Crippen molar-refractivity contribution in [3.8, 4) is 0 Å². The number of rotatable bonds is 5. The van der Waals surface area contributed by atoms with Crippen LogP contribution in [0.5, 0.6) is 0 Å². The Morgan fingerprint density at radius 3 is 2.54 bits per heavy atom. The number of hydrogen-bond donors (Lipinski definition) is 1. The molecule has 37 heavy (non-hydrogen) atoms. The highest BCUT2D eigenvalue weighted by Gasteiger charge is 2.41. The van der Waals surface area contributed by atoms with Crippen LogP contribution in [-0.2, 0) is 27.3 Å². The van der Waals surface area contributed by atoms with Crippen molar-refractivity contribution >= 4 is 34.1 Å². The molecule has 1 N–H and O–H groups in total. The third kappa shape index (κ3) is 6.25. The minimum atomic E-state index is -0.524. The lowest BCUT2D eigenvalue weighted by atomic mass is 10.00. The summed E-state index contributed by atoms with van der Waals surface area (Å²) in [5.41, 5.74) is 3.76. The molecule has 1 amide bonds. The number of nitrogens with one attached hydrogen (secondary N) is 1. The number of Topliss-reactive ketones (excluding diaryl/α,β-unsaturated/α-hetero) is 2. The quantitative estimate of drug-likeness (QED) is 0.537. The molecule has 2 aliphatic rings. The highest BCUT2D eigenvalue weighted by atomic mass is 16.5. The number of carbonyl (C=O) groups excluding carboxylic acids is 3. The maximum absolute atomic E-state index is 13.7. The fourth-order valence-electron chi connectivity index (χ4n) is 5.95. The summed E-state index contributed by atoms with van der Waals surface area (Å²) < 4.78 is 8.11. The summed E-state index contributed by atoms with van der Waals surface area (Å²) in [4.78, 5) is 41.0. The van der Waals surface area contributed by atoms with E-state index in [4.69, 9.17) is 4.74 Å². The van der Waals surface area contributed by atoms with Gasteiger partial charge in [-0.3, -0.25) is 14.4 Å². The number of hydrogen-bond acceptors (Lipinski definition) is 5. The molecular formula is C30H43N3O4. The third-order valence-corrected chi connectivity index (χ3v) is 7.70. The van der Waals surface area contributed by atoms with Crippen LogP contribution in [0.15, 0.2) is 18.3 Å². The van der Waals surface area contributed by atoms with Crippen molar-refractivity contribution in [2.75, 3.05) is 18.5 Å². The van der Waals surface area contributed by atoms with E-state index >= 15 is 0 Å². The monoisotopic (exact) mass is 509 g/mol. The molecule has 1 fully saturated rings. The number of aromatic nitrogens is 1. The smallest absolute Gasteiger partial charge is 0.243 e. The Balaban J connectivity index is 1.77. The van der Waals surface area contributed by atoms with Crippen molar-refractivity contribution in [3.05, 3.63) is 29.5 Å². The standard InChI is InChI=1S/C30H43N3O4/c1-5-26(35)30-27-13-14-33(30)28(36)19-32-18-25(21(4)34)24-17-23(31-20(2)3)16-22(29(24)32)12-10-8-6-7-9-11-15-37-27/h16-18,20,27,30-31H,5-15,19H2,1-4H3/t27-,30-/m1/s1. The van der Waals surface area contributed by atoms with E-state index in [0.29, 0.717) is 31.6 Å². The Morgan fingerprint density at radius 2 is 1.84 bits per heavy atom. The van der Waals surface area contributed by atoms with Gasteiger partial charge in [0.1, 0.15) is 12.6 Å². The molecule has 0 aliphatic carbocycles. The van der Waals surface area contributed by atoms with Crippen LogP contribution in [-0.4, -0.2) is 58.3 Å². The van der Waals surface area contributed by atoms with Crippen molar-refractivity contribution in [2.24, 2.45) is 0 Å². The molecule has 0 spiro atoms. The topological polar surface area (TPSA) is 80.6 Å². The lowest BCUT2D eigenvalue weighted by Crippen LogP contribution is -2.46. The Bertz CT molecular complexity index is 1140. The van der Waals surface area contributed by atoms with Gasteiger partial charge in [0.05, 0.1) is 11.6 Å². The van der Waals surface area contributed by atoms with Gasteiger partial charge in [-0.1, -0.05) is 32.6 Å². The van der Waals surface area contributed by atoms with Gasteiger partial charge in [0, 0.05) is 48.4 Å². The van der Waals surface area contributed by atoms with Crippen molar-refractivity contribution in [3.63, 3.8) is 0 Å². The first-order valence-corrected chi connectivity index (χ1v) is 14.2. The van der Waals surface area contributed by atoms with Gasteiger partial charge in [0.15, 0.2) is 11.6 Å². The number of carbonyl (C=O) groups is 3. The van der Waals surface area contributed by atoms with Crippen molar-refractivity contribution in [1.29, 1.82) is 0 Å². The number of amides is 1. The maximum Gasteiger partial charge on any atom is 0.243 e. The van der Waals surface area contributed by atoms with Gasteiger partial charge in [-0.2, -0.15) is 0 Å². The molecule has 1 saturated heterocycles. The lowest BCUT2D eigenvalue weighted by Gasteiger charge is -2.27. The van der Waals surface area contributed by atoms with E-state index in [2.05, 4.69) is 25.2 Å². The average molecular weight is 510 g/mol. The van der Waals surface area contributed by atoms with E-state index in [-0.39, 0.29) is 36.2 Å². The molecule has 202 valence electrons. The number of ketones is 2. The van der Waals surface area contributed by atoms with Gasteiger partial charge in [-0.15, -0.1) is 0 Å². The normalized spacial score (nSPS) is 21.9. The van der Waals surface area contributed by atoms with Crippen molar-refractivity contribution < 1.29 is 19.1 Å². The second-order valence-electron chi connectivity index (χ2n) is 11.0. The van der Waals surface area contributed by atoms with Gasteiger partial charge in [0.2, 0.25) is 5.91 Å². The van der Waals surface area contributed by atoms with Gasteiger partial charge in [-0.25, -0.2) is 0 Å². The molecule has 7 heteroatoms.